The Labute approximate surface area is 345 Å². The second-order valence-corrected chi connectivity index (χ2v) is 14.6. The van der Waals surface area contributed by atoms with Gasteiger partial charge in [-0.3, -0.25) is 0 Å². The summed E-state index contributed by atoms with van der Waals surface area (Å²) in [5.41, 5.74) is 11.8. The summed E-state index contributed by atoms with van der Waals surface area (Å²) in [6.45, 7) is 7.84. The van der Waals surface area contributed by atoms with E-state index in [-0.39, 0.29) is 0 Å². The van der Waals surface area contributed by atoms with Crippen LogP contribution in [0, 0.1) is 17.9 Å². The molecular weight excluding hydrogens is 735 g/mol. The normalized spacial score (nSPS) is 11.3. The Morgan fingerprint density at radius 1 is 0.417 bits per heavy atom. The second-order valence-electron chi connectivity index (χ2n) is 14.6. The van der Waals surface area contributed by atoms with Crippen molar-refractivity contribution in [3.05, 3.63) is 205 Å². The number of fused-ring (bicyclic) bond motifs is 6. The molecule has 0 N–H and O–H groups in total. The SMILES string of the molecule is [C-]#[N+]c1ccc2c(c1)c1ccccc1n2-c1cc(-c2nc(-c3ccccc3)nc(-c3ccccc3)n2)ccc1-c1ccccc1-n1c2ccccc2c2cc(C#N)ccc21. The van der Waals surface area contributed by atoms with Crippen molar-refractivity contribution >= 4 is 49.3 Å². The van der Waals surface area contributed by atoms with Gasteiger partial charge >= 0.3 is 0 Å². The minimum absolute atomic E-state index is 0.551. The Bertz CT molecular complexity index is 3510. The molecule has 0 radical (unpaired) electrons. The van der Waals surface area contributed by atoms with Crippen LogP contribution >= 0.6 is 0 Å². The van der Waals surface area contributed by atoms with E-state index in [0.717, 1.165) is 82.8 Å². The summed E-state index contributed by atoms with van der Waals surface area (Å²) in [5, 5.41) is 14.0. The third kappa shape index (κ3) is 5.61. The smallest absolute Gasteiger partial charge is 0.188 e. The summed E-state index contributed by atoms with van der Waals surface area (Å²) in [6.07, 6.45) is 0. The quantitative estimate of drug-likeness (QED) is 0.158. The maximum Gasteiger partial charge on any atom is 0.188 e. The zero-order valence-corrected chi connectivity index (χ0v) is 32.0. The van der Waals surface area contributed by atoms with Crippen LogP contribution in [0.4, 0.5) is 5.69 Å². The van der Waals surface area contributed by atoms with Crippen LogP contribution in [0.2, 0.25) is 0 Å². The lowest BCUT2D eigenvalue weighted by molar-refractivity contribution is 1.07. The van der Waals surface area contributed by atoms with Crippen LogP contribution in [-0.2, 0) is 0 Å². The van der Waals surface area contributed by atoms with E-state index in [1.54, 1.807) is 0 Å². The molecule has 0 aliphatic heterocycles. The number of nitrogens with zero attached hydrogens (tertiary/aromatic N) is 7. The molecule has 3 heterocycles. The molecule has 0 saturated heterocycles. The number of aromatic nitrogens is 5. The maximum atomic E-state index is 9.85. The number of rotatable bonds is 6. The van der Waals surface area contributed by atoms with Crippen molar-refractivity contribution in [2.45, 2.75) is 0 Å². The number of nitriles is 1. The molecule has 278 valence electrons. The third-order valence-electron chi connectivity index (χ3n) is 11.2. The Hall–Kier alpha value is -8.65. The first-order valence-electron chi connectivity index (χ1n) is 19.6. The summed E-state index contributed by atoms with van der Waals surface area (Å²) in [6, 6.07) is 65.9. The average molecular weight is 766 g/mol. The maximum absolute atomic E-state index is 9.85. The summed E-state index contributed by atoms with van der Waals surface area (Å²) in [5.74, 6) is 1.73. The number of para-hydroxylation sites is 3. The number of hydrogen-bond donors (Lipinski definition) is 0. The fourth-order valence-corrected chi connectivity index (χ4v) is 8.51. The van der Waals surface area contributed by atoms with Crippen LogP contribution in [0.15, 0.2) is 188 Å². The lowest BCUT2D eigenvalue weighted by Gasteiger charge is -2.19. The lowest BCUT2D eigenvalue weighted by Crippen LogP contribution is -2.03. The van der Waals surface area contributed by atoms with Gasteiger partial charge in [-0.15, -0.1) is 0 Å². The Morgan fingerprint density at radius 3 is 1.55 bits per heavy atom. The zero-order chi connectivity index (χ0) is 40.2. The van der Waals surface area contributed by atoms with Gasteiger partial charge < -0.3 is 9.13 Å². The summed E-state index contributed by atoms with van der Waals surface area (Å²) in [7, 11) is 0. The lowest BCUT2D eigenvalue weighted by atomic mass is 9.98. The highest BCUT2D eigenvalue weighted by Crippen LogP contribution is 2.42. The first-order valence-corrected chi connectivity index (χ1v) is 19.6. The molecule has 11 aromatic rings. The van der Waals surface area contributed by atoms with Gasteiger partial charge in [0, 0.05) is 44.0 Å². The molecule has 7 nitrogen and oxygen atoms in total. The Balaban J connectivity index is 1.22. The van der Waals surface area contributed by atoms with Crippen molar-refractivity contribution in [1.82, 2.24) is 24.1 Å². The molecule has 0 saturated carbocycles. The largest absolute Gasteiger partial charge is 0.309 e. The molecule has 0 aliphatic rings. The van der Waals surface area contributed by atoms with Gasteiger partial charge in [0.2, 0.25) is 0 Å². The van der Waals surface area contributed by atoms with Crippen LogP contribution in [0.5, 0.6) is 0 Å². The highest BCUT2D eigenvalue weighted by molar-refractivity contribution is 6.12. The first-order chi connectivity index (χ1) is 29.7. The van der Waals surface area contributed by atoms with E-state index >= 15 is 0 Å². The van der Waals surface area contributed by atoms with Gasteiger partial charge in [-0.2, -0.15) is 5.26 Å². The summed E-state index contributed by atoms with van der Waals surface area (Å²) in [4.78, 5) is 19.0. The molecule has 60 heavy (non-hydrogen) atoms. The van der Waals surface area contributed by atoms with Crippen molar-refractivity contribution in [2.24, 2.45) is 0 Å². The van der Waals surface area contributed by atoms with Crippen LogP contribution in [0.25, 0.3) is 105 Å². The standard InChI is InChI=1S/C53H31N7/c1-55-38-26-29-49-44(32-38)41-20-10-13-23-47(41)60(49)50-31-37(53-57-51(35-14-4-2-5-15-35)56-52(58-53)36-16-6-3-7-17-36)25-27-42(50)39-18-8-11-21-45(39)59-46-22-12-9-19-40(46)43-30-34(33-54)24-28-48(43)59/h2-32H. The molecule has 3 aromatic heterocycles. The monoisotopic (exact) mass is 765 g/mol. The summed E-state index contributed by atoms with van der Waals surface area (Å²) >= 11 is 0. The van der Waals surface area contributed by atoms with Crippen LogP contribution in [0.3, 0.4) is 0 Å². The molecule has 0 spiro atoms. The fraction of sp³-hybridized carbons (Fsp3) is 0. The van der Waals surface area contributed by atoms with Crippen LogP contribution in [-0.4, -0.2) is 24.1 Å². The van der Waals surface area contributed by atoms with E-state index in [4.69, 9.17) is 21.5 Å². The fourth-order valence-electron chi connectivity index (χ4n) is 8.51. The molecule has 0 aliphatic carbocycles. The van der Waals surface area contributed by atoms with Crippen molar-refractivity contribution in [3.8, 4) is 62.7 Å². The number of hydrogen-bond acceptors (Lipinski definition) is 4. The Kier molecular flexibility index (Phi) is 8.11. The molecule has 0 unspecified atom stereocenters. The topological polar surface area (TPSA) is 76.7 Å². The van der Waals surface area contributed by atoms with E-state index < -0.39 is 0 Å². The minimum Gasteiger partial charge on any atom is -0.309 e. The Morgan fingerprint density at radius 2 is 0.917 bits per heavy atom. The first kappa shape index (κ1) is 34.6. The van der Waals surface area contributed by atoms with Crippen molar-refractivity contribution in [1.29, 1.82) is 5.26 Å². The predicted octanol–water partition coefficient (Wildman–Crippen LogP) is 13.2. The van der Waals surface area contributed by atoms with Gasteiger partial charge in [-0.05, 0) is 60.0 Å². The highest BCUT2D eigenvalue weighted by Gasteiger charge is 2.22. The van der Waals surface area contributed by atoms with E-state index in [2.05, 4.69) is 105 Å². The number of benzene rings is 8. The molecule has 7 heteroatoms. The van der Waals surface area contributed by atoms with Crippen molar-refractivity contribution in [2.75, 3.05) is 0 Å². The van der Waals surface area contributed by atoms with Gasteiger partial charge in [0.1, 0.15) is 0 Å². The van der Waals surface area contributed by atoms with Crippen molar-refractivity contribution in [3.63, 3.8) is 0 Å². The molecule has 0 atom stereocenters. The molecule has 0 bridgehead atoms. The summed E-state index contributed by atoms with van der Waals surface area (Å²) < 4.78 is 4.60. The van der Waals surface area contributed by atoms with E-state index in [1.165, 1.54) is 0 Å². The van der Waals surface area contributed by atoms with Crippen LogP contribution in [0.1, 0.15) is 5.56 Å². The molecular formula is C53H31N7. The van der Waals surface area contributed by atoms with Gasteiger partial charge in [-0.1, -0.05) is 133 Å². The van der Waals surface area contributed by atoms with Gasteiger partial charge in [0.25, 0.3) is 0 Å². The third-order valence-corrected chi connectivity index (χ3v) is 11.2. The van der Waals surface area contributed by atoms with E-state index in [1.807, 2.05) is 103 Å². The zero-order valence-electron chi connectivity index (χ0n) is 32.0. The van der Waals surface area contributed by atoms with Crippen LogP contribution < -0.4 is 0 Å². The van der Waals surface area contributed by atoms with Gasteiger partial charge in [0.15, 0.2) is 23.2 Å². The van der Waals surface area contributed by atoms with E-state index in [0.29, 0.717) is 28.7 Å². The molecule has 0 amide bonds. The average Bonchev–Trinajstić information content (AvgIpc) is 3.83. The second kappa shape index (κ2) is 14.1. The molecule has 11 rings (SSSR count). The van der Waals surface area contributed by atoms with Gasteiger partial charge in [-0.25, -0.2) is 19.8 Å². The van der Waals surface area contributed by atoms with Crippen molar-refractivity contribution < 1.29 is 0 Å². The minimum atomic E-state index is 0.551. The highest BCUT2D eigenvalue weighted by atomic mass is 15.0. The molecule has 0 fully saturated rings. The predicted molar refractivity (Wildman–Crippen MR) is 241 cm³/mol. The van der Waals surface area contributed by atoms with E-state index in [9.17, 15) is 5.26 Å². The molecule has 8 aromatic carbocycles. The van der Waals surface area contributed by atoms with Gasteiger partial charge in [0.05, 0.1) is 51.6 Å².